The lowest BCUT2D eigenvalue weighted by atomic mass is 10.5. The number of aryl methyl sites for hydroxylation is 1. The summed E-state index contributed by atoms with van der Waals surface area (Å²) in [6, 6.07) is 3.00. The van der Waals surface area contributed by atoms with E-state index in [1.807, 2.05) is 6.92 Å². The van der Waals surface area contributed by atoms with Crippen LogP contribution in [0.2, 0.25) is 5.02 Å². The van der Waals surface area contributed by atoms with E-state index in [1.165, 1.54) is 29.2 Å². The van der Waals surface area contributed by atoms with Crippen molar-refractivity contribution in [3.8, 4) is 0 Å². The molecule has 0 aromatic carbocycles. The molecule has 7 nitrogen and oxygen atoms in total. The van der Waals surface area contributed by atoms with Crippen LogP contribution in [0, 0.1) is 0 Å². The van der Waals surface area contributed by atoms with Crippen molar-refractivity contribution in [2.24, 2.45) is 0 Å². The van der Waals surface area contributed by atoms with Crippen LogP contribution in [-0.4, -0.2) is 23.2 Å². The third kappa shape index (κ3) is 3.20. The molecule has 9 heteroatoms. The predicted octanol–water partition coefficient (Wildman–Crippen LogP) is 1.72. The van der Waals surface area contributed by atoms with E-state index >= 15 is 0 Å². The van der Waals surface area contributed by atoms with Crippen LogP contribution in [0.5, 0.6) is 0 Å². The van der Waals surface area contributed by atoms with Crippen LogP contribution in [0.3, 0.4) is 0 Å². The fourth-order valence-electron chi connectivity index (χ4n) is 1.60. The van der Waals surface area contributed by atoms with Crippen LogP contribution in [-0.2, 0) is 16.6 Å². The van der Waals surface area contributed by atoms with Gasteiger partial charge in [0.1, 0.15) is 10.7 Å². The van der Waals surface area contributed by atoms with E-state index in [-0.39, 0.29) is 16.5 Å². The van der Waals surface area contributed by atoms with E-state index < -0.39 is 10.0 Å². The number of aromatic nitrogens is 3. The van der Waals surface area contributed by atoms with E-state index in [1.54, 1.807) is 0 Å². The minimum absolute atomic E-state index is 0.0417. The number of rotatable bonds is 5. The van der Waals surface area contributed by atoms with Crippen LogP contribution in [0.25, 0.3) is 0 Å². The summed E-state index contributed by atoms with van der Waals surface area (Å²) in [4.78, 5) is 3.80. The van der Waals surface area contributed by atoms with Gasteiger partial charge in [0.15, 0.2) is 5.82 Å². The zero-order valence-corrected chi connectivity index (χ0v) is 12.3. The van der Waals surface area contributed by atoms with Crippen LogP contribution in [0.1, 0.15) is 13.3 Å². The highest BCUT2D eigenvalue weighted by atomic mass is 35.5. The topological polar surface area (TPSA) is 103 Å². The summed E-state index contributed by atoms with van der Waals surface area (Å²) in [5.74, 6) is 0.122. The minimum atomic E-state index is -3.82. The maximum Gasteiger partial charge on any atom is 0.268 e. The first-order valence-corrected chi connectivity index (χ1v) is 7.76. The minimum Gasteiger partial charge on any atom is -0.381 e. The lowest BCUT2D eigenvalue weighted by Gasteiger charge is -2.05. The second-order valence-electron chi connectivity index (χ2n) is 4.11. The monoisotopic (exact) mass is 315 g/mol. The number of nitrogens with zero attached hydrogens (tertiary/aromatic N) is 3. The van der Waals surface area contributed by atoms with Crippen LogP contribution >= 0.6 is 11.6 Å². The third-order valence-electron chi connectivity index (χ3n) is 2.46. The fourth-order valence-corrected chi connectivity index (χ4v) is 2.79. The Morgan fingerprint density at radius 1 is 1.45 bits per heavy atom. The predicted molar refractivity (Wildman–Crippen MR) is 77.0 cm³/mol. The van der Waals surface area contributed by atoms with Crippen molar-refractivity contribution in [3.63, 3.8) is 0 Å². The molecule has 0 aliphatic rings. The number of anilines is 2. The molecule has 0 fully saturated rings. The molecule has 0 saturated heterocycles. The SMILES string of the molecule is CCCn1cc(S(=O)(=O)Nc2ccc(Cl)cn2)c(N)n1. The van der Waals surface area contributed by atoms with Gasteiger partial charge in [-0.05, 0) is 18.6 Å². The summed E-state index contributed by atoms with van der Waals surface area (Å²) in [5, 5.41) is 4.38. The maximum absolute atomic E-state index is 12.2. The number of nitrogens with two attached hydrogens (primary N) is 1. The Hall–Kier alpha value is -1.80. The van der Waals surface area contributed by atoms with Gasteiger partial charge in [0, 0.05) is 18.9 Å². The largest absolute Gasteiger partial charge is 0.381 e. The summed E-state index contributed by atoms with van der Waals surface area (Å²) < 4.78 is 28.2. The summed E-state index contributed by atoms with van der Waals surface area (Å²) in [5.41, 5.74) is 5.64. The smallest absolute Gasteiger partial charge is 0.268 e. The Morgan fingerprint density at radius 2 is 2.20 bits per heavy atom. The number of hydrogen-bond donors (Lipinski definition) is 2. The van der Waals surface area contributed by atoms with Gasteiger partial charge >= 0.3 is 0 Å². The number of pyridine rings is 1. The van der Waals surface area contributed by atoms with Crippen molar-refractivity contribution < 1.29 is 8.42 Å². The Balaban J connectivity index is 2.28. The van der Waals surface area contributed by atoms with Crippen molar-refractivity contribution in [2.75, 3.05) is 10.5 Å². The molecule has 0 amide bonds. The molecule has 3 N–H and O–H groups in total. The van der Waals surface area contributed by atoms with E-state index in [4.69, 9.17) is 17.3 Å². The normalized spacial score (nSPS) is 11.5. The van der Waals surface area contributed by atoms with Gasteiger partial charge in [-0.2, -0.15) is 5.10 Å². The molecule has 0 unspecified atom stereocenters. The molecule has 2 rings (SSSR count). The van der Waals surface area contributed by atoms with Gasteiger partial charge in [-0.25, -0.2) is 13.4 Å². The summed E-state index contributed by atoms with van der Waals surface area (Å²) in [7, 11) is -3.82. The lowest BCUT2D eigenvalue weighted by Crippen LogP contribution is -2.14. The van der Waals surface area contributed by atoms with E-state index in [0.717, 1.165) is 6.42 Å². The summed E-state index contributed by atoms with van der Waals surface area (Å²) in [6.07, 6.45) is 3.58. The highest BCUT2D eigenvalue weighted by Crippen LogP contribution is 2.20. The number of hydrogen-bond acceptors (Lipinski definition) is 5. The van der Waals surface area contributed by atoms with E-state index in [2.05, 4.69) is 14.8 Å². The molecule has 0 spiro atoms. The van der Waals surface area contributed by atoms with E-state index in [0.29, 0.717) is 11.6 Å². The quantitative estimate of drug-likeness (QED) is 0.874. The van der Waals surface area contributed by atoms with Crippen molar-refractivity contribution in [1.29, 1.82) is 0 Å². The Bertz CT molecular complexity index is 696. The Labute approximate surface area is 121 Å². The molecule has 2 aromatic heterocycles. The molecule has 0 atom stereocenters. The van der Waals surface area contributed by atoms with Gasteiger partial charge in [0.2, 0.25) is 0 Å². The molecule has 0 aliphatic heterocycles. The molecular formula is C11H14ClN5O2S. The number of sulfonamides is 1. The molecule has 0 saturated carbocycles. The van der Waals surface area contributed by atoms with Crippen LogP contribution in [0.15, 0.2) is 29.4 Å². The highest BCUT2D eigenvalue weighted by Gasteiger charge is 2.21. The number of nitrogens with one attached hydrogen (secondary N) is 1. The Kier molecular flexibility index (Phi) is 4.15. The van der Waals surface area contributed by atoms with Crippen molar-refractivity contribution in [2.45, 2.75) is 24.8 Å². The second-order valence-corrected chi connectivity index (χ2v) is 6.20. The van der Waals surface area contributed by atoms with Crippen molar-refractivity contribution in [1.82, 2.24) is 14.8 Å². The molecule has 20 heavy (non-hydrogen) atoms. The molecule has 0 aliphatic carbocycles. The zero-order chi connectivity index (χ0) is 14.8. The maximum atomic E-state index is 12.2. The molecule has 108 valence electrons. The molecule has 2 aromatic rings. The Morgan fingerprint density at radius 3 is 2.80 bits per heavy atom. The first-order valence-electron chi connectivity index (χ1n) is 5.89. The molecular weight excluding hydrogens is 302 g/mol. The standard InChI is InChI=1S/C11H14ClN5O2S/c1-2-5-17-7-9(11(13)15-17)20(18,19)16-10-4-3-8(12)6-14-10/h3-4,6-7H,2,5H2,1H3,(H2,13,15)(H,14,16). The average molecular weight is 316 g/mol. The van der Waals surface area contributed by atoms with Gasteiger partial charge in [-0.3, -0.25) is 9.40 Å². The molecule has 2 heterocycles. The third-order valence-corrected chi connectivity index (χ3v) is 4.06. The lowest BCUT2D eigenvalue weighted by molar-refractivity contribution is 0.595. The first-order chi connectivity index (χ1) is 9.42. The summed E-state index contributed by atoms with van der Waals surface area (Å²) >= 11 is 5.69. The van der Waals surface area contributed by atoms with Crippen molar-refractivity contribution >= 4 is 33.3 Å². The fraction of sp³-hybridized carbons (Fsp3) is 0.273. The number of nitrogen functional groups attached to an aromatic ring is 1. The van der Waals surface area contributed by atoms with Gasteiger partial charge in [-0.1, -0.05) is 18.5 Å². The van der Waals surface area contributed by atoms with Gasteiger partial charge in [-0.15, -0.1) is 0 Å². The first kappa shape index (κ1) is 14.6. The zero-order valence-electron chi connectivity index (χ0n) is 10.7. The molecule has 0 radical (unpaired) electrons. The second kappa shape index (κ2) is 5.68. The van der Waals surface area contributed by atoms with Gasteiger partial charge in [0.05, 0.1) is 5.02 Å². The highest BCUT2D eigenvalue weighted by molar-refractivity contribution is 7.92. The van der Waals surface area contributed by atoms with Gasteiger partial charge in [0.25, 0.3) is 10.0 Å². The van der Waals surface area contributed by atoms with Crippen LogP contribution in [0.4, 0.5) is 11.6 Å². The molecule has 0 bridgehead atoms. The number of halogens is 1. The van der Waals surface area contributed by atoms with Gasteiger partial charge < -0.3 is 5.73 Å². The van der Waals surface area contributed by atoms with E-state index in [9.17, 15) is 8.42 Å². The van der Waals surface area contributed by atoms with Crippen molar-refractivity contribution in [3.05, 3.63) is 29.5 Å². The average Bonchev–Trinajstić information content (AvgIpc) is 2.74. The summed E-state index contributed by atoms with van der Waals surface area (Å²) in [6.45, 7) is 2.56. The van der Waals surface area contributed by atoms with Crippen LogP contribution < -0.4 is 10.5 Å².